The molecule has 2 aromatic carbocycles. The molecule has 3 aromatic rings. The fourth-order valence-electron chi connectivity index (χ4n) is 3.16. The molecule has 30 heavy (non-hydrogen) atoms. The second kappa shape index (κ2) is 9.08. The zero-order valence-electron chi connectivity index (χ0n) is 16.8. The van der Waals surface area contributed by atoms with Gasteiger partial charge in [-0.3, -0.25) is 4.79 Å². The molecule has 8 nitrogen and oxygen atoms in total. The summed E-state index contributed by atoms with van der Waals surface area (Å²) in [5.74, 6) is 2.84. The van der Waals surface area contributed by atoms with Gasteiger partial charge in [0, 0.05) is 18.3 Å². The van der Waals surface area contributed by atoms with Gasteiger partial charge in [-0.1, -0.05) is 23.9 Å². The van der Waals surface area contributed by atoms with Crippen LogP contribution in [0.5, 0.6) is 17.2 Å². The number of hydrogen-bond acceptors (Lipinski definition) is 7. The third-order valence-electron chi connectivity index (χ3n) is 4.54. The van der Waals surface area contributed by atoms with E-state index in [2.05, 4.69) is 15.5 Å². The van der Waals surface area contributed by atoms with Gasteiger partial charge in [-0.2, -0.15) is 0 Å². The van der Waals surface area contributed by atoms with Crippen molar-refractivity contribution in [1.82, 2.24) is 14.8 Å². The topological polar surface area (TPSA) is 87.5 Å². The van der Waals surface area contributed by atoms with E-state index in [1.165, 1.54) is 11.8 Å². The van der Waals surface area contributed by atoms with E-state index in [0.29, 0.717) is 47.9 Å². The molecule has 1 amide bonds. The van der Waals surface area contributed by atoms with Crippen LogP contribution in [0, 0.1) is 0 Å². The van der Waals surface area contributed by atoms with Crippen molar-refractivity contribution < 1.29 is 19.0 Å². The van der Waals surface area contributed by atoms with Gasteiger partial charge in [-0.15, -0.1) is 10.2 Å². The number of aromatic nitrogens is 3. The molecule has 156 valence electrons. The van der Waals surface area contributed by atoms with Crippen LogP contribution in [0.25, 0.3) is 11.4 Å². The van der Waals surface area contributed by atoms with Gasteiger partial charge in [0.05, 0.1) is 18.4 Å². The molecule has 0 unspecified atom stereocenters. The summed E-state index contributed by atoms with van der Waals surface area (Å²) in [7, 11) is 1.63. The van der Waals surface area contributed by atoms with Crippen LogP contribution in [0.2, 0.25) is 0 Å². The fourth-order valence-corrected chi connectivity index (χ4v) is 3.96. The van der Waals surface area contributed by atoms with Crippen molar-refractivity contribution in [2.45, 2.75) is 18.6 Å². The summed E-state index contributed by atoms with van der Waals surface area (Å²) < 4.78 is 18.5. The molecule has 0 fully saturated rings. The first-order valence-corrected chi connectivity index (χ1v) is 10.6. The van der Waals surface area contributed by atoms with Crippen molar-refractivity contribution in [1.29, 1.82) is 0 Å². The molecule has 1 aliphatic heterocycles. The third kappa shape index (κ3) is 4.20. The highest BCUT2D eigenvalue weighted by molar-refractivity contribution is 7.99. The van der Waals surface area contributed by atoms with E-state index in [9.17, 15) is 4.79 Å². The number of rotatable bonds is 7. The predicted octanol–water partition coefficient (Wildman–Crippen LogP) is 3.48. The van der Waals surface area contributed by atoms with Gasteiger partial charge in [0.25, 0.3) is 0 Å². The maximum absolute atomic E-state index is 12.4. The SMILES string of the molecule is CCn1c(SCC(=O)Nc2ccc3c(c2)OCCO3)nnc1-c1ccccc1OC. The smallest absolute Gasteiger partial charge is 0.234 e. The third-order valence-corrected chi connectivity index (χ3v) is 5.51. The summed E-state index contributed by atoms with van der Waals surface area (Å²) in [6, 6.07) is 13.0. The lowest BCUT2D eigenvalue weighted by atomic mass is 10.2. The van der Waals surface area contributed by atoms with Crippen LogP contribution in [0.4, 0.5) is 5.69 Å². The van der Waals surface area contributed by atoms with Gasteiger partial charge in [0.2, 0.25) is 5.91 Å². The van der Waals surface area contributed by atoms with Crippen LogP contribution in [0.3, 0.4) is 0 Å². The minimum absolute atomic E-state index is 0.138. The van der Waals surface area contributed by atoms with Gasteiger partial charge in [0.15, 0.2) is 22.5 Å². The Morgan fingerprint density at radius 3 is 2.77 bits per heavy atom. The fraction of sp³-hybridized carbons (Fsp3) is 0.286. The van der Waals surface area contributed by atoms with E-state index in [4.69, 9.17) is 14.2 Å². The number of methoxy groups -OCH3 is 1. The highest BCUT2D eigenvalue weighted by atomic mass is 32.2. The number of para-hydroxylation sites is 1. The number of fused-ring (bicyclic) bond motifs is 1. The number of hydrogen-bond donors (Lipinski definition) is 1. The van der Waals surface area contributed by atoms with Crippen LogP contribution in [0.1, 0.15) is 6.92 Å². The Morgan fingerprint density at radius 1 is 1.17 bits per heavy atom. The molecule has 1 aromatic heterocycles. The Hall–Kier alpha value is -3.20. The molecule has 0 bridgehead atoms. The van der Waals surface area contributed by atoms with Gasteiger partial charge in [-0.25, -0.2) is 0 Å². The van der Waals surface area contributed by atoms with Gasteiger partial charge in [-0.05, 0) is 31.2 Å². The standard InChI is InChI=1S/C21H22N4O4S/c1-3-25-20(15-6-4-5-7-16(15)27-2)23-24-21(25)30-13-19(26)22-14-8-9-17-18(12-14)29-11-10-28-17/h4-9,12H,3,10-11,13H2,1-2H3,(H,22,26). The van der Waals surface area contributed by atoms with Crippen molar-refractivity contribution in [3.05, 3.63) is 42.5 Å². The summed E-state index contributed by atoms with van der Waals surface area (Å²) in [5, 5.41) is 12.2. The van der Waals surface area contributed by atoms with E-state index in [0.717, 1.165) is 11.3 Å². The Labute approximate surface area is 178 Å². The van der Waals surface area contributed by atoms with E-state index in [1.54, 1.807) is 25.3 Å². The van der Waals surface area contributed by atoms with E-state index < -0.39 is 0 Å². The van der Waals surface area contributed by atoms with Crippen molar-refractivity contribution in [2.75, 3.05) is 31.4 Å². The lowest BCUT2D eigenvalue weighted by Crippen LogP contribution is -2.17. The minimum Gasteiger partial charge on any atom is -0.496 e. The van der Waals surface area contributed by atoms with Crippen LogP contribution in [0.15, 0.2) is 47.6 Å². The number of benzene rings is 2. The number of amides is 1. The van der Waals surface area contributed by atoms with Crippen molar-refractivity contribution >= 4 is 23.4 Å². The quantitative estimate of drug-likeness (QED) is 0.579. The summed E-state index contributed by atoms with van der Waals surface area (Å²) in [6.07, 6.45) is 0. The van der Waals surface area contributed by atoms with Crippen molar-refractivity contribution in [3.8, 4) is 28.6 Å². The van der Waals surface area contributed by atoms with Gasteiger partial charge < -0.3 is 24.1 Å². The monoisotopic (exact) mass is 426 g/mol. The molecular formula is C21H22N4O4S. The molecule has 0 aliphatic carbocycles. The number of thioether (sulfide) groups is 1. The average molecular weight is 426 g/mol. The Kier molecular flexibility index (Phi) is 6.08. The summed E-state index contributed by atoms with van der Waals surface area (Å²) in [6.45, 7) is 3.72. The molecular weight excluding hydrogens is 404 g/mol. The largest absolute Gasteiger partial charge is 0.496 e. The number of anilines is 1. The molecule has 0 spiro atoms. The van der Waals surface area contributed by atoms with Gasteiger partial charge in [0.1, 0.15) is 19.0 Å². The first-order valence-electron chi connectivity index (χ1n) is 9.58. The van der Waals surface area contributed by atoms with E-state index in [-0.39, 0.29) is 11.7 Å². The summed E-state index contributed by atoms with van der Waals surface area (Å²) in [4.78, 5) is 12.4. The van der Waals surface area contributed by atoms with Crippen molar-refractivity contribution in [3.63, 3.8) is 0 Å². The predicted molar refractivity (Wildman–Crippen MR) is 114 cm³/mol. The van der Waals surface area contributed by atoms with Crippen LogP contribution >= 0.6 is 11.8 Å². The molecule has 0 saturated heterocycles. The molecule has 4 rings (SSSR count). The van der Waals surface area contributed by atoms with Crippen LogP contribution < -0.4 is 19.5 Å². The Morgan fingerprint density at radius 2 is 1.97 bits per heavy atom. The number of carbonyl (C=O) groups excluding carboxylic acids is 1. The number of nitrogens with zero attached hydrogens (tertiary/aromatic N) is 3. The van der Waals surface area contributed by atoms with E-state index >= 15 is 0 Å². The van der Waals surface area contributed by atoms with E-state index in [1.807, 2.05) is 35.8 Å². The molecule has 0 saturated carbocycles. The second-order valence-electron chi connectivity index (χ2n) is 6.45. The zero-order chi connectivity index (χ0) is 20.9. The maximum Gasteiger partial charge on any atom is 0.234 e. The summed E-state index contributed by atoms with van der Waals surface area (Å²) in [5.41, 5.74) is 1.53. The molecule has 0 atom stereocenters. The Balaban J connectivity index is 1.44. The number of ether oxygens (including phenoxy) is 3. The molecule has 0 radical (unpaired) electrons. The molecule has 1 aliphatic rings. The average Bonchev–Trinajstić information content (AvgIpc) is 3.20. The van der Waals surface area contributed by atoms with Gasteiger partial charge >= 0.3 is 0 Å². The lowest BCUT2D eigenvalue weighted by molar-refractivity contribution is -0.113. The normalized spacial score (nSPS) is 12.5. The lowest BCUT2D eigenvalue weighted by Gasteiger charge is -2.19. The second-order valence-corrected chi connectivity index (χ2v) is 7.39. The van der Waals surface area contributed by atoms with Crippen LogP contribution in [-0.2, 0) is 11.3 Å². The first-order chi connectivity index (χ1) is 14.7. The molecule has 9 heteroatoms. The molecule has 1 N–H and O–H groups in total. The highest BCUT2D eigenvalue weighted by Crippen LogP contribution is 2.33. The first kappa shape index (κ1) is 20.1. The minimum atomic E-state index is -0.138. The summed E-state index contributed by atoms with van der Waals surface area (Å²) >= 11 is 1.34. The number of carbonyl (C=O) groups is 1. The zero-order valence-corrected chi connectivity index (χ0v) is 17.6. The Bertz CT molecular complexity index is 1050. The molecule has 2 heterocycles. The highest BCUT2D eigenvalue weighted by Gasteiger charge is 2.18. The van der Waals surface area contributed by atoms with Crippen molar-refractivity contribution in [2.24, 2.45) is 0 Å². The van der Waals surface area contributed by atoms with Crippen LogP contribution in [-0.4, -0.2) is 46.7 Å². The maximum atomic E-state index is 12.4. The number of nitrogens with one attached hydrogen (secondary N) is 1.